The summed E-state index contributed by atoms with van der Waals surface area (Å²) >= 11 is 0. The molecule has 0 unspecified atom stereocenters. The number of amides is 1. The van der Waals surface area contributed by atoms with Crippen molar-refractivity contribution in [1.29, 1.82) is 0 Å². The van der Waals surface area contributed by atoms with E-state index in [0.717, 1.165) is 23.3 Å². The van der Waals surface area contributed by atoms with Gasteiger partial charge in [0.2, 0.25) is 6.10 Å². The first-order valence-electron chi connectivity index (χ1n) is 9.01. The molecule has 3 nitrogen and oxygen atoms in total. The Morgan fingerprint density at radius 1 is 0.931 bits per heavy atom. The maximum atomic E-state index is 13.0. The van der Waals surface area contributed by atoms with Gasteiger partial charge in [0.05, 0.1) is 5.56 Å². The van der Waals surface area contributed by atoms with Crippen LogP contribution in [0, 0.1) is 13.8 Å². The molecular formula is C23H20F3NO2. The SMILES string of the molecule is Cc1ccc(C)c(NC(=O)[C@@H](Oc2ccc(C(F)(F)F)cc2)c2ccccc2)c1. The minimum absolute atomic E-state index is 0.169. The topological polar surface area (TPSA) is 38.3 Å². The molecule has 0 bridgehead atoms. The fourth-order valence-electron chi connectivity index (χ4n) is 2.83. The van der Waals surface area contributed by atoms with E-state index >= 15 is 0 Å². The Balaban J connectivity index is 1.87. The molecule has 1 N–H and O–H groups in total. The van der Waals surface area contributed by atoms with Gasteiger partial charge in [-0.25, -0.2) is 0 Å². The first-order valence-corrected chi connectivity index (χ1v) is 9.01. The van der Waals surface area contributed by atoms with Crippen molar-refractivity contribution in [3.63, 3.8) is 0 Å². The molecule has 1 atom stereocenters. The summed E-state index contributed by atoms with van der Waals surface area (Å²) in [5, 5.41) is 2.86. The van der Waals surface area contributed by atoms with Crippen LogP contribution in [0.5, 0.6) is 5.75 Å². The van der Waals surface area contributed by atoms with E-state index in [-0.39, 0.29) is 5.75 Å². The van der Waals surface area contributed by atoms with Crippen LogP contribution in [-0.2, 0) is 11.0 Å². The highest BCUT2D eigenvalue weighted by molar-refractivity contribution is 5.95. The van der Waals surface area contributed by atoms with Crippen molar-refractivity contribution in [1.82, 2.24) is 0 Å². The molecule has 0 aliphatic carbocycles. The summed E-state index contributed by atoms with van der Waals surface area (Å²) in [6.07, 6.45) is -5.45. The van der Waals surface area contributed by atoms with Gasteiger partial charge in [-0.1, -0.05) is 42.5 Å². The van der Waals surface area contributed by atoms with Crippen LogP contribution in [0.2, 0.25) is 0 Å². The van der Waals surface area contributed by atoms with Gasteiger partial charge < -0.3 is 10.1 Å². The van der Waals surface area contributed by atoms with Crippen molar-refractivity contribution >= 4 is 11.6 Å². The molecule has 3 aromatic rings. The Labute approximate surface area is 167 Å². The van der Waals surface area contributed by atoms with Gasteiger partial charge >= 0.3 is 6.18 Å². The van der Waals surface area contributed by atoms with Crippen LogP contribution in [0.25, 0.3) is 0 Å². The first kappa shape index (κ1) is 20.5. The predicted octanol–water partition coefficient (Wildman–Crippen LogP) is 6.08. The smallest absolute Gasteiger partial charge is 0.416 e. The fourth-order valence-corrected chi connectivity index (χ4v) is 2.83. The van der Waals surface area contributed by atoms with Crippen LogP contribution in [0.1, 0.15) is 28.4 Å². The lowest BCUT2D eigenvalue weighted by molar-refractivity contribution is -0.137. The first-order chi connectivity index (χ1) is 13.7. The van der Waals surface area contributed by atoms with Crippen LogP contribution in [0.15, 0.2) is 72.8 Å². The maximum absolute atomic E-state index is 13.0. The number of aryl methyl sites for hydroxylation is 2. The van der Waals surface area contributed by atoms with Crippen LogP contribution < -0.4 is 10.1 Å². The molecule has 3 aromatic carbocycles. The number of hydrogen-bond donors (Lipinski definition) is 1. The zero-order valence-electron chi connectivity index (χ0n) is 16.0. The molecule has 0 fully saturated rings. The quantitative estimate of drug-likeness (QED) is 0.565. The Morgan fingerprint density at radius 3 is 2.21 bits per heavy atom. The number of benzene rings is 3. The monoisotopic (exact) mass is 399 g/mol. The van der Waals surface area contributed by atoms with Crippen LogP contribution in [-0.4, -0.2) is 5.91 Å². The van der Waals surface area contributed by atoms with Crippen molar-refractivity contribution in [2.75, 3.05) is 5.32 Å². The van der Waals surface area contributed by atoms with Crippen LogP contribution in [0.4, 0.5) is 18.9 Å². The van der Waals surface area contributed by atoms with E-state index in [9.17, 15) is 18.0 Å². The lowest BCUT2D eigenvalue weighted by Crippen LogP contribution is -2.26. The molecule has 29 heavy (non-hydrogen) atoms. The Kier molecular flexibility index (Phi) is 5.92. The maximum Gasteiger partial charge on any atom is 0.416 e. The van der Waals surface area contributed by atoms with Gasteiger partial charge in [-0.15, -0.1) is 0 Å². The third-order valence-electron chi connectivity index (χ3n) is 4.43. The second-order valence-electron chi connectivity index (χ2n) is 6.74. The van der Waals surface area contributed by atoms with Crippen LogP contribution >= 0.6 is 0 Å². The van der Waals surface area contributed by atoms with Crippen molar-refractivity contribution in [2.24, 2.45) is 0 Å². The number of carbonyl (C=O) groups excluding carboxylic acids is 1. The summed E-state index contributed by atoms with van der Waals surface area (Å²) in [5.41, 5.74) is 2.36. The lowest BCUT2D eigenvalue weighted by atomic mass is 10.1. The molecule has 6 heteroatoms. The van der Waals surface area contributed by atoms with Gasteiger partial charge in [0.1, 0.15) is 5.75 Å². The van der Waals surface area contributed by atoms with E-state index in [0.29, 0.717) is 11.3 Å². The number of rotatable bonds is 5. The van der Waals surface area contributed by atoms with Gasteiger partial charge in [0.25, 0.3) is 5.91 Å². The van der Waals surface area contributed by atoms with Gasteiger partial charge in [-0.2, -0.15) is 13.2 Å². The highest BCUT2D eigenvalue weighted by Crippen LogP contribution is 2.31. The highest BCUT2D eigenvalue weighted by atomic mass is 19.4. The largest absolute Gasteiger partial charge is 0.476 e. The number of nitrogens with one attached hydrogen (secondary N) is 1. The summed E-state index contributed by atoms with van der Waals surface area (Å²) in [6.45, 7) is 3.80. The average molecular weight is 399 g/mol. The van der Waals surface area contributed by atoms with E-state index in [2.05, 4.69) is 5.32 Å². The molecule has 3 rings (SSSR count). The van der Waals surface area contributed by atoms with Crippen molar-refractivity contribution < 1.29 is 22.7 Å². The predicted molar refractivity (Wildman–Crippen MR) is 106 cm³/mol. The van der Waals surface area contributed by atoms with Crippen molar-refractivity contribution in [2.45, 2.75) is 26.1 Å². The number of halogens is 3. The van der Waals surface area contributed by atoms with Crippen LogP contribution in [0.3, 0.4) is 0 Å². The summed E-state index contributed by atoms with van der Waals surface area (Å²) in [5.74, 6) is -0.243. The average Bonchev–Trinajstić information content (AvgIpc) is 2.69. The van der Waals surface area contributed by atoms with Gasteiger partial charge in [0.15, 0.2) is 0 Å². The number of alkyl halides is 3. The number of ether oxygens (including phenoxy) is 1. The Hall–Kier alpha value is -3.28. The molecular weight excluding hydrogens is 379 g/mol. The number of hydrogen-bond acceptors (Lipinski definition) is 2. The molecule has 0 radical (unpaired) electrons. The minimum Gasteiger partial charge on any atom is -0.476 e. The Morgan fingerprint density at radius 2 is 1.59 bits per heavy atom. The van der Waals surface area contributed by atoms with E-state index in [1.165, 1.54) is 12.1 Å². The van der Waals surface area contributed by atoms with Crippen molar-refractivity contribution in [3.05, 3.63) is 95.1 Å². The van der Waals surface area contributed by atoms with E-state index in [1.54, 1.807) is 30.3 Å². The third kappa shape index (κ3) is 5.16. The second kappa shape index (κ2) is 8.39. The molecule has 1 amide bonds. The molecule has 0 aliphatic rings. The van der Waals surface area contributed by atoms with E-state index in [1.807, 2.05) is 32.0 Å². The zero-order chi connectivity index (χ0) is 21.0. The molecule has 150 valence electrons. The zero-order valence-corrected chi connectivity index (χ0v) is 16.0. The van der Waals surface area contributed by atoms with E-state index < -0.39 is 23.8 Å². The summed E-state index contributed by atoms with van der Waals surface area (Å²) in [6, 6.07) is 18.8. The molecule has 0 aliphatic heterocycles. The second-order valence-corrected chi connectivity index (χ2v) is 6.74. The molecule has 0 saturated heterocycles. The molecule has 0 heterocycles. The summed E-state index contributed by atoms with van der Waals surface area (Å²) < 4.78 is 44.1. The molecule has 0 saturated carbocycles. The minimum atomic E-state index is -4.43. The normalized spacial score (nSPS) is 12.3. The molecule has 0 aromatic heterocycles. The summed E-state index contributed by atoms with van der Waals surface area (Å²) in [4.78, 5) is 13.0. The Bertz CT molecular complexity index is 983. The molecule has 0 spiro atoms. The highest BCUT2D eigenvalue weighted by Gasteiger charge is 2.30. The van der Waals surface area contributed by atoms with E-state index in [4.69, 9.17) is 4.74 Å². The lowest BCUT2D eigenvalue weighted by Gasteiger charge is -2.20. The van der Waals surface area contributed by atoms with Gasteiger partial charge in [-0.05, 0) is 55.3 Å². The standard InChI is InChI=1S/C23H20F3NO2/c1-15-8-9-16(2)20(14-15)27-22(28)21(17-6-4-3-5-7-17)29-19-12-10-18(11-13-19)23(24,25)26/h3-14,21H,1-2H3,(H,27,28)/t21-/m0/s1. The summed E-state index contributed by atoms with van der Waals surface area (Å²) in [7, 11) is 0. The fraction of sp³-hybridized carbons (Fsp3) is 0.174. The third-order valence-corrected chi connectivity index (χ3v) is 4.43. The van der Waals surface area contributed by atoms with Gasteiger partial charge in [-0.3, -0.25) is 4.79 Å². The van der Waals surface area contributed by atoms with Crippen molar-refractivity contribution in [3.8, 4) is 5.75 Å². The number of carbonyl (C=O) groups is 1. The number of anilines is 1. The van der Waals surface area contributed by atoms with Gasteiger partial charge in [0, 0.05) is 11.3 Å².